The summed E-state index contributed by atoms with van der Waals surface area (Å²) in [7, 11) is -3.29. The molecule has 2 unspecified atom stereocenters. The molecule has 2 atom stereocenters. The van der Waals surface area contributed by atoms with Crippen molar-refractivity contribution in [2.24, 2.45) is 11.7 Å². The van der Waals surface area contributed by atoms with Crippen LogP contribution in [0.25, 0.3) is 0 Å². The van der Waals surface area contributed by atoms with Crippen LogP contribution in [-0.4, -0.2) is 26.6 Å². The van der Waals surface area contributed by atoms with Gasteiger partial charge in [-0.2, -0.15) is 0 Å². The number of hydrogen-bond donors (Lipinski definition) is 3. The van der Waals surface area contributed by atoms with Crippen molar-refractivity contribution in [3.8, 4) is 0 Å². The average molecular weight is 297 g/mol. The van der Waals surface area contributed by atoms with Gasteiger partial charge >= 0.3 is 0 Å². The molecule has 0 aromatic heterocycles. The van der Waals surface area contributed by atoms with E-state index in [1.54, 1.807) is 24.3 Å². The highest BCUT2D eigenvalue weighted by molar-refractivity contribution is 7.92. The van der Waals surface area contributed by atoms with Crippen molar-refractivity contribution < 1.29 is 13.2 Å². The van der Waals surface area contributed by atoms with Crippen molar-refractivity contribution in [1.29, 1.82) is 0 Å². The molecule has 0 heterocycles. The van der Waals surface area contributed by atoms with Crippen LogP contribution in [-0.2, 0) is 14.8 Å². The van der Waals surface area contributed by atoms with Crippen LogP contribution in [0.2, 0.25) is 0 Å². The summed E-state index contributed by atoms with van der Waals surface area (Å²) < 4.78 is 24.5. The largest absolute Gasteiger partial charge is 0.327 e. The monoisotopic (exact) mass is 297 g/mol. The maximum Gasteiger partial charge on any atom is 0.229 e. The molecule has 0 bridgehead atoms. The first-order valence-electron chi connectivity index (χ1n) is 6.49. The van der Waals surface area contributed by atoms with Crippen molar-refractivity contribution >= 4 is 27.3 Å². The molecule has 2 rings (SSSR count). The zero-order valence-electron chi connectivity index (χ0n) is 11.3. The molecule has 1 aromatic carbocycles. The van der Waals surface area contributed by atoms with E-state index in [0.717, 1.165) is 25.5 Å². The Morgan fingerprint density at radius 3 is 2.30 bits per heavy atom. The molecule has 1 fully saturated rings. The van der Waals surface area contributed by atoms with Gasteiger partial charge in [-0.1, -0.05) is 6.42 Å². The predicted octanol–water partition coefficient (Wildman–Crippen LogP) is 1.12. The van der Waals surface area contributed by atoms with Crippen LogP contribution < -0.4 is 15.8 Å². The lowest BCUT2D eigenvalue weighted by Crippen LogP contribution is -2.34. The first kappa shape index (κ1) is 14.8. The van der Waals surface area contributed by atoms with Crippen LogP contribution in [0.3, 0.4) is 0 Å². The maximum atomic E-state index is 12.0. The molecule has 1 aromatic rings. The van der Waals surface area contributed by atoms with Crippen molar-refractivity contribution in [2.45, 2.75) is 25.3 Å². The Labute approximate surface area is 118 Å². The van der Waals surface area contributed by atoms with E-state index >= 15 is 0 Å². The topological polar surface area (TPSA) is 101 Å². The highest BCUT2D eigenvalue weighted by Gasteiger charge is 2.30. The summed E-state index contributed by atoms with van der Waals surface area (Å²) in [5, 5.41) is 2.81. The third-order valence-electron chi connectivity index (χ3n) is 3.36. The minimum absolute atomic E-state index is 0.0684. The summed E-state index contributed by atoms with van der Waals surface area (Å²) in [6.07, 6.45) is 3.77. The summed E-state index contributed by atoms with van der Waals surface area (Å²) in [6, 6.07) is 6.45. The summed E-state index contributed by atoms with van der Waals surface area (Å²) in [5.41, 5.74) is 6.98. The number of carbonyl (C=O) groups excluding carboxylic acids is 1. The lowest BCUT2D eigenvalue weighted by molar-refractivity contribution is -0.120. The van der Waals surface area contributed by atoms with Gasteiger partial charge in [0.15, 0.2) is 0 Å². The summed E-state index contributed by atoms with van der Waals surface area (Å²) >= 11 is 0. The van der Waals surface area contributed by atoms with E-state index in [9.17, 15) is 13.2 Å². The molecule has 0 spiro atoms. The molecule has 1 aliphatic rings. The van der Waals surface area contributed by atoms with Crippen molar-refractivity contribution in [1.82, 2.24) is 0 Å². The normalized spacial score (nSPS) is 22.5. The second-order valence-corrected chi connectivity index (χ2v) is 6.89. The number of benzene rings is 1. The second kappa shape index (κ2) is 5.80. The lowest BCUT2D eigenvalue weighted by Gasteiger charge is -2.15. The molecular formula is C13H19N3O3S. The van der Waals surface area contributed by atoms with Gasteiger partial charge in [0, 0.05) is 17.4 Å². The van der Waals surface area contributed by atoms with E-state index in [-0.39, 0.29) is 17.9 Å². The standard InChI is InChI=1S/C13H19N3O3S/c1-20(18,19)16-10-7-5-9(6-8-10)15-13(17)11-3-2-4-12(11)14/h5-8,11-12,16H,2-4,14H2,1H3,(H,15,17). The molecule has 6 nitrogen and oxygen atoms in total. The molecule has 7 heteroatoms. The summed E-state index contributed by atoms with van der Waals surface area (Å²) in [5.74, 6) is -0.206. The summed E-state index contributed by atoms with van der Waals surface area (Å²) in [6.45, 7) is 0. The van der Waals surface area contributed by atoms with E-state index in [2.05, 4.69) is 10.0 Å². The van der Waals surface area contributed by atoms with Crippen LogP contribution in [0, 0.1) is 5.92 Å². The number of sulfonamides is 1. The Balaban J connectivity index is 1.98. The quantitative estimate of drug-likeness (QED) is 0.775. The molecule has 1 aliphatic carbocycles. The van der Waals surface area contributed by atoms with Gasteiger partial charge < -0.3 is 11.1 Å². The zero-order chi connectivity index (χ0) is 14.8. The Kier molecular flexibility index (Phi) is 4.29. The molecule has 1 saturated carbocycles. The van der Waals surface area contributed by atoms with Gasteiger partial charge in [-0.05, 0) is 37.1 Å². The van der Waals surface area contributed by atoms with Gasteiger partial charge in [0.1, 0.15) is 0 Å². The van der Waals surface area contributed by atoms with E-state index in [1.807, 2.05) is 0 Å². The molecule has 4 N–H and O–H groups in total. The minimum Gasteiger partial charge on any atom is -0.327 e. The van der Waals surface area contributed by atoms with E-state index in [4.69, 9.17) is 5.73 Å². The fourth-order valence-corrected chi connectivity index (χ4v) is 2.95. The SMILES string of the molecule is CS(=O)(=O)Nc1ccc(NC(=O)C2CCCC2N)cc1. The van der Waals surface area contributed by atoms with E-state index in [0.29, 0.717) is 11.4 Å². The first-order valence-corrected chi connectivity index (χ1v) is 8.38. The molecule has 20 heavy (non-hydrogen) atoms. The van der Waals surface area contributed by atoms with Gasteiger partial charge in [-0.15, -0.1) is 0 Å². The van der Waals surface area contributed by atoms with Gasteiger partial charge in [0.05, 0.1) is 12.2 Å². The summed E-state index contributed by atoms with van der Waals surface area (Å²) in [4.78, 5) is 12.0. The van der Waals surface area contributed by atoms with Crippen molar-refractivity contribution in [3.63, 3.8) is 0 Å². The van der Waals surface area contributed by atoms with Crippen molar-refractivity contribution in [2.75, 3.05) is 16.3 Å². The van der Waals surface area contributed by atoms with Crippen molar-refractivity contribution in [3.05, 3.63) is 24.3 Å². The Hall–Kier alpha value is -1.60. The fourth-order valence-electron chi connectivity index (χ4n) is 2.38. The number of nitrogens with one attached hydrogen (secondary N) is 2. The Bertz CT molecular complexity index is 583. The Morgan fingerprint density at radius 1 is 1.20 bits per heavy atom. The van der Waals surface area contributed by atoms with Gasteiger partial charge in [-0.3, -0.25) is 9.52 Å². The highest BCUT2D eigenvalue weighted by Crippen LogP contribution is 2.25. The fraction of sp³-hybridized carbons (Fsp3) is 0.462. The molecule has 0 saturated heterocycles. The molecule has 110 valence electrons. The number of rotatable bonds is 4. The molecule has 1 amide bonds. The number of hydrogen-bond acceptors (Lipinski definition) is 4. The Morgan fingerprint density at radius 2 is 1.80 bits per heavy atom. The average Bonchev–Trinajstić information content (AvgIpc) is 2.76. The van der Waals surface area contributed by atoms with Crippen LogP contribution in [0.5, 0.6) is 0 Å². The molecular weight excluding hydrogens is 278 g/mol. The zero-order valence-corrected chi connectivity index (χ0v) is 12.1. The van der Waals surface area contributed by atoms with Crippen LogP contribution in [0.1, 0.15) is 19.3 Å². The number of nitrogens with two attached hydrogens (primary N) is 1. The van der Waals surface area contributed by atoms with Crippen LogP contribution in [0.15, 0.2) is 24.3 Å². The second-order valence-electron chi connectivity index (χ2n) is 5.14. The lowest BCUT2D eigenvalue weighted by atomic mass is 10.0. The van der Waals surface area contributed by atoms with Gasteiger partial charge in [0.25, 0.3) is 0 Å². The first-order chi connectivity index (χ1) is 9.35. The number of carbonyl (C=O) groups is 1. The maximum absolute atomic E-state index is 12.0. The van der Waals surface area contributed by atoms with Crippen LogP contribution >= 0.6 is 0 Å². The van der Waals surface area contributed by atoms with E-state index < -0.39 is 10.0 Å². The van der Waals surface area contributed by atoms with E-state index in [1.165, 1.54) is 0 Å². The third-order valence-corrected chi connectivity index (χ3v) is 3.97. The third kappa shape index (κ3) is 3.94. The smallest absolute Gasteiger partial charge is 0.229 e. The highest BCUT2D eigenvalue weighted by atomic mass is 32.2. The van der Waals surface area contributed by atoms with Gasteiger partial charge in [-0.25, -0.2) is 8.42 Å². The van der Waals surface area contributed by atoms with Gasteiger partial charge in [0.2, 0.25) is 15.9 Å². The molecule has 0 aliphatic heterocycles. The minimum atomic E-state index is -3.29. The number of anilines is 2. The predicted molar refractivity (Wildman–Crippen MR) is 78.9 cm³/mol. The molecule has 0 radical (unpaired) electrons. The number of amides is 1. The van der Waals surface area contributed by atoms with Crippen LogP contribution in [0.4, 0.5) is 11.4 Å².